The summed E-state index contributed by atoms with van der Waals surface area (Å²) >= 11 is 3.39. The summed E-state index contributed by atoms with van der Waals surface area (Å²) in [7, 11) is 0. The van der Waals surface area contributed by atoms with Gasteiger partial charge in [-0.2, -0.15) is 0 Å². The van der Waals surface area contributed by atoms with Gasteiger partial charge in [0.05, 0.1) is 0 Å². The molecule has 0 atom stereocenters. The number of benzene rings is 3. The number of rotatable bonds is 2. The van der Waals surface area contributed by atoms with Crippen molar-refractivity contribution >= 4 is 15.9 Å². The largest absolute Gasteiger partial charge is 0.206 e. The summed E-state index contributed by atoms with van der Waals surface area (Å²) in [5.74, 6) is -0.202. The molecule has 0 amide bonds. The van der Waals surface area contributed by atoms with Crippen LogP contribution in [-0.4, -0.2) is 0 Å². The van der Waals surface area contributed by atoms with E-state index in [1.807, 2.05) is 66.7 Å². The predicted molar refractivity (Wildman–Crippen MR) is 85.0 cm³/mol. The highest BCUT2D eigenvalue weighted by Gasteiger charge is 2.07. The lowest BCUT2D eigenvalue weighted by Gasteiger charge is -2.08. The molecule has 0 N–H and O–H groups in total. The van der Waals surface area contributed by atoms with Gasteiger partial charge in [0.15, 0.2) is 0 Å². The van der Waals surface area contributed by atoms with E-state index in [0.717, 1.165) is 21.2 Å². The van der Waals surface area contributed by atoms with Crippen LogP contribution in [0.1, 0.15) is 0 Å². The minimum Gasteiger partial charge on any atom is -0.206 e. The molecule has 0 unspecified atom stereocenters. The fourth-order valence-electron chi connectivity index (χ4n) is 2.19. The maximum atomic E-state index is 14.1. The second kappa shape index (κ2) is 5.59. The van der Waals surface area contributed by atoms with Gasteiger partial charge in [-0.15, -0.1) is 0 Å². The normalized spacial score (nSPS) is 10.5. The molecule has 0 aliphatic heterocycles. The zero-order chi connectivity index (χ0) is 13.9. The van der Waals surface area contributed by atoms with E-state index in [-0.39, 0.29) is 5.82 Å². The Kier molecular flexibility index (Phi) is 3.66. The third kappa shape index (κ3) is 2.66. The highest BCUT2D eigenvalue weighted by Crippen LogP contribution is 2.29. The van der Waals surface area contributed by atoms with Crippen molar-refractivity contribution in [2.75, 3.05) is 0 Å². The molecule has 0 aromatic heterocycles. The van der Waals surface area contributed by atoms with Crippen LogP contribution in [-0.2, 0) is 0 Å². The Morgan fingerprint density at radius 1 is 0.650 bits per heavy atom. The van der Waals surface area contributed by atoms with Crippen LogP contribution in [0.4, 0.5) is 4.39 Å². The molecule has 0 nitrogen and oxygen atoms in total. The van der Waals surface area contributed by atoms with E-state index in [9.17, 15) is 4.39 Å². The number of hydrogen-bond donors (Lipinski definition) is 0. The van der Waals surface area contributed by atoms with Crippen molar-refractivity contribution in [3.05, 3.63) is 83.1 Å². The van der Waals surface area contributed by atoms with Crippen molar-refractivity contribution in [3.63, 3.8) is 0 Å². The van der Waals surface area contributed by atoms with Crippen LogP contribution >= 0.6 is 15.9 Å². The third-order valence-electron chi connectivity index (χ3n) is 3.23. The molecule has 3 aromatic carbocycles. The average molecular weight is 327 g/mol. The molecule has 0 saturated carbocycles. The van der Waals surface area contributed by atoms with Crippen molar-refractivity contribution < 1.29 is 4.39 Å². The molecule has 98 valence electrons. The van der Waals surface area contributed by atoms with Crippen molar-refractivity contribution in [1.29, 1.82) is 0 Å². The summed E-state index contributed by atoms with van der Waals surface area (Å²) in [5, 5.41) is 0. The molecule has 0 spiro atoms. The fraction of sp³-hybridized carbons (Fsp3) is 0. The van der Waals surface area contributed by atoms with Gasteiger partial charge in [-0.1, -0.05) is 64.5 Å². The van der Waals surface area contributed by atoms with Crippen LogP contribution in [0.5, 0.6) is 0 Å². The molecule has 3 rings (SSSR count). The Labute approximate surface area is 126 Å². The van der Waals surface area contributed by atoms with Gasteiger partial charge in [0.1, 0.15) is 5.82 Å². The van der Waals surface area contributed by atoms with Gasteiger partial charge in [-0.3, -0.25) is 0 Å². The van der Waals surface area contributed by atoms with Crippen LogP contribution < -0.4 is 0 Å². The van der Waals surface area contributed by atoms with E-state index in [2.05, 4.69) is 15.9 Å². The van der Waals surface area contributed by atoms with E-state index >= 15 is 0 Å². The highest BCUT2D eigenvalue weighted by molar-refractivity contribution is 9.10. The Bertz CT molecular complexity index is 718. The van der Waals surface area contributed by atoms with Gasteiger partial charge in [-0.05, 0) is 41.0 Å². The van der Waals surface area contributed by atoms with Crippen LogP contribution in [0.15, 0.2) is 77.3 Å². The first kappa shape index (κ1) is 13.1. The number of halogens is 2. The Morgan fingerprint density at radius 2 is 1.30 bits per heavy atom. The number of hydrogen-bond acceptors (Lipinski definition) is 0. The zero-order valence-corrected chi connectivity index (χ0v) is 12.3. The summed E-state index contributed by atoms with van der Waals surface area (Å²) in [6.45, 7) is 0. The first-order valence-corrected chi connectivity index (χ1v) is 7.14. The maximum absolute atomic E-state index is 14.1. The van der Waals surface area contributed by atoms with Gasteiger partial charge in [-0.25, -0.2) is 4.39 Å². The quantitative estimate of drug-likeness (QED) is 0.548. The van der Waals surface area contributed by atoms with Crippen LogP contribution in [0, 0.1) is 5.82 Å². The average Bonchev–Trinajstić information content (AvgIpc) is 2.50. The standard InChI is InChI=1S/C18H12BrF/c19-16-9-6-14(7-10-16)17-12-15(8-11-18(17)20)13-4-2-1-3-5-13/h1-12H. The lowest BCUT2D eigenvalue weighted by atomic mass is 9.99. The van der Waals surface area contributed by atoms with Crippen molar-refractivity contribution in [2.24, 2.45) is 0 Å². The van der Waals surface area contributed by atoms with Gasteiger partial charge in [0.2, 0.25) is 0 Å². The molecule has 0 saturated heterocycles. The second-order valence-corrected chi connectivity index (χ2v) is 5.48. The van der Waals surface area contributed by atoms with Crippen molar-refractivity contribution in [1.82, 2.24) is 0 Å². The van der Waals surface area contributed by atoms with E-state index < -0.39 is 0 Å². The zero-order valence-electron chi connectivity index (χ0n) is 10.7. The van der Waals surface area contributed by atoms with Gasteiger partial charge in [0, 0.05) is 10.0 Å². The van der Waals surface area contributed by atoms with Crippen molar-refractivity contribution in [2.45, 2.75) is 0 Å². The van der Waals surface area contributed by atoms with Gasteiger partial charge >= 0.3 is 0 Å². The van der Waals surface area contributed by atoms with Gasteiger partial charge < -0.3 is 0 Å². The smallest absolute Gasteiger partial charge is 0.131 e. The molecule has 0 aliphatic carbocycles. The Hall–Kier alpha value is -1.93. The Balaban J connectivity index is 2.10. The lowest BCUT2D eigenvalue weighted by Crippen LogP contribution is -1.86. The van der Waals surface area contributed by atoms with Crippen LogP contribution in [0.25, 0.3) is 22.3 Å². The first-order valence-electron chi connectivity index (χ1n) is 6.35. The van der Waals surface area contributed by atoms with E-state index in [1.54, 1.807) is 0 Å². The van der Waals surface area contributed by atoms with Gasteiger partial charge in [0.25, 0.3) is 0 Å². The van der Waals surface area contributed by atoms with E-state index in [4.69, 9.17) is 0 Å². The summed E-state index contributed by atoms with van der Waals surface area (Å²) < 4.78 is 15.0. The lowest BCUT2D eigenvalue weighted by molar-refractivity contribution is 0.631. The summed E-state index contributed by atoms with van der Waals surface area (Å²) in [4.78, 5) is 0. The fourth-order valence-corrected chi connectivity index (χ4v) is 2.45. The highest BCUT2D eigenvalue weighted by atomic mass is 79.9. The molecule has 0 heterocycles. The minimum absolute atomic E-state index is 0.202. The minimum atomic E-state index is -0.202. The van der Waals surface area contributed by atoms with E-state index in [1.165, 1.54) is 6.07 Å². The molecule has 0 bridgehead atoms. The monoisotopic (exact) mass is 326 g/mol. The summed E-state index contributed by atoms with van der Waals surface area (Å²) in [6, 6.07) is 22.9. The summed E-state index contributed by atoms with van der Waals surface area (Å²) in [5.41, 5.74) is 3.61. The molecule has 0 aliphatic rings. The van der Waals surface area contributed by atoms with E-state index in [0.29, 0.717) is 5.56 Å². The predicted octanol–water partition coefficient (Wildman–Crippen LogP) is 5.92. The van der Waals surface area contributed by atoms with Crippen LogP contribution in [0.2, 0.25) is 0 Å². The Morgan fingerprint density at radius 3 is 2.00 bits per heavy atom. The molecular formula is C18H12BrF. The second-order valence-electron chi connectivity index (χ2n) is 4.57. The topological polar surface area (TPSA) is 0 Å². The molecule has 3 aromatic rings. The third-order valence-corrected chi connectivity index (χ3v) is 3.76. The molecule has 0 fully saturated rings. The molecule has 0 radical (unpaired) electrons. The SMILES string of the molecule is Fc1ccc(-c2ccccc2)cc1-c1ccc(Br)cc1. The van der Waals surface area contributed by atoms with Crippen LogP contribution in [0.3, 0.4) is 0 Å². The molecular weight excluding hydrogens is 315 g/mol. The van der Waals surface area contributed by atoms with Crippen molar-refractivity contribution in [3.8, 4) is 22.3 Å². The first-order chi connectivity index (χ1) is 9.74. The molecule has 20 heavy (non-hydrogen) atoms. The molecule has 2 heteroatoms. The summed E-state index contributed by atoms with van der Waals surface area (Å²) in [6.07, 6.45) is 0. The maximum Gasteiger partial charge on any atom is 0.131 e.